The van der Waals surface area contributed by atoms with E-state index in [4.69, 9.17) is 0 Å². The highest BCUT2D eigenvalue weighted by molar-refractivity contribution is 7.87. The van der Waals surface area contributed by atoms with Gasteiger partial charge in [0.1, 0.15) is 0 Å². The van der Waals surface area contributed by atoms with E-state index in [2.05, 4.69) is 0 Å². The predicted molar refractivity (Wildman–Crippen MR) is 103 cm³/mol. The molecule has 0 radical (unpaired) electrons. The number of nitrogens with zero attached hydrogens (tertiary/aromatic N) is 2. The average Bonchev–Trinajstić information content (AvgIpc) is 2.97. The van der Waals surface area contributed by atoms with Crippen LogP contribution in [0.5, 0.6) is 0 Å². The summed E-state index contributed by atoms with van der Waals surface area (Å²) >= 11 is 0. The lowest BCUT2D eigenvalue weighted by Gasteiger charge is -2.12. The molecule has 0 unspecified atom stereocenters. The smallest absolute Gasteiger partial charge is 0.303 e. The second-order valence-corrected chi connectivity index (χ2v) is 8.41. The van der Waals surface area contributed by atoms with Crippen molar-refractivity contribution in [3.05, 3.63) is 59.8 Å². The molecule has 3 aromatic rings. The Balaban J connectivity index is 1.99. The molecule has 0 aliphatic rings. The van der Waals surface area contributed by atoms with Gasteiger partial charge in [-0.1, -0.05) is 30.3 Å². The summed E-state index contributed by atoms with van der Waals surface area (Å²) in [6.07, 6.45) is -0.693. The number of nitrogens with one attached hydrogen (secondary N) is 1. The molecule has 28 heavy (non-hydrogen) atoms. The van der Waals surface area contributed by atoms with Crippen molar-refractivity contribution >= 4 is 27.0 Å². The Hall–Kier alpha value is -2.78. The maximum Gasteiger partial charge on any atom is 0.303 e. The maximum absolute atomic E-state index is 12.8. The minimum atomic E-state index is -3.89. The number of fused-ring (bicyclic) bond motifs is 1. The lowest BCUT2D eigenvalue weighted by Crippen LogP contribution is -2.39. The molecule has 0 atom stereocenters. The van der Waals surface area contributed by atoms with Gasteiger partial charge in [0.2, 0.25) is 0 Å². The Morgan fingerprint density at radius 3 is 2.32 bits per heavy atom. The molecule has 0 saturated carbocycles. The number of aromatic nitrogens is 1. The van der Waals surface area contributed by atoms with Crippen LogP contribution in [-0.4, -0.2) is 37.3 Å². The van der Waals surface area contributed by atoms with E-state index in [0.717, 1.165) is 20.8 Å². The summed E-state index contributed by atoms with van der Waals surface area (Å²) in [7, 11) is 0.539. The first-order valence-electron chi connectivity index (χ1n) is 8.32. The third-order valence-electron chi connectivity index (χ3n) is 4.43. The van der Waals surface area contributed by atoms with Crippen molar-refractivity contribution in [1.29, 1.82) is 0 Å². The highest BCUT2D eigenvalue weighted by Crippen LogP contribution is 2.32. The van der Waals surface area contributed by atoms with Crippen molar-refractivity contribution in [2.75, 3.05) is 14.1 Å². The second-order valence-electron chi connectivity index (χ2n) is 6.53. The first kappa shape index (κ1) is 20.0. The number of hydrogen-bond donors (Lipinski definition) is 1. The van der Waals surface area contributed by atoms with E-state index in [1.165, 1.54) is 32.3 Å². The molecule has 0 aliphatic heterocycles. The maximum atomic E-state index is 12.8. The van der Waals surface area contributed by atoms with Gasteiger partial charge in [0.05, 0.1) is 0 Å². The van der Waals surface area contributed by atoms with Crippen molar-refractivity contribution in [3.63, 3.8) is 0 Å². The molecule has 6 nitrogen and oxygen atoms in total. The fraction of sp³-hybridized carbons (Fsp3) is 0.211. The minimum absolute atomic E-state index is 0.0509. The number of hydrogen-bond acceptors (Lipinski definition) is 3. The molecule has 0 bridgehead atoms. The van der Waals surface area contributed by atoms with Crippen LogP contribution in [0.15, 0.2) is 48.7 Å². The zero-order chi connectivity index (χ0) is 20.6. The Kier molecular flexibility index (Phi) is 5.22. The zero-order valence-corrected chi connectivity index (χ0v) is 16.3. The lowest BCUT2D eigenvalue weighted by atomic mass is 10.0. The summed E-state index contributed by atoms with van der Waals surface area (Å²) in [6.45, 7) is 0. The summed E-state index contributed by atoms with van der Waals surface area (Å²) in [5.74, 6) is -0.736. The summed E-state index contributed by atoms with van der Waals surface area (Å²) in [5, 5.41) is 0.819. The largest absolute Gasteiger partial charge is 0.350 e. The normalized spacial score (nSPS) is 12.1. The average molecular weight is 407 g/mol. The van der Waals surface area contributed by atoms with Gasteiger partial charge in [-0.3, -0.25) is 4.79 Å². The van der Waals surface area contributed by atoms with Crippen molar-refractivity contribution in [2.24, 2.45) is 7.05 Å². The summed E-state index contributed by atoms with van der Waals surface area (Å²) < 4.78 is 53.9. The van der Waals surface area contributed by atoms with Crippen molar-refractivity contribution in [3.8, 4) is 11.1 Å². The summed E-state index contributed by atoms with van der Waals surface area (Å²) in [4.78, 5) is 12.3. The molecule has 0 saturated heterocycles. The first-order valence-corrected chi connectivity index (χ1v) is 9.76. The standard InChI is InChI=1S/C19H19F2N3O3S/c1-23(2)28(26,27)22-19(25)14-8-9-15-16(11-24(3)17(15)10-14)12-4-6-13(7-5-12)18(20)21/h4-11,18H,1-3H3,(H,22,25). The molecular weight excluding hydrogens is 388 g/mol. The highest BCUT2D eigenvalue weighted by Gasteiger charge is 2.19. The number of halogens is 2. The lowest BCUT2D eigenvalue weighted by molar-refractivity contribution is 0.0979. The Bertz CT molecular complexity index is 1140. The van der Waals surface area contributed by atoms with Gasteiger partial charge in [-0.2, -0.15) is 12.7 Å². The van der Waals surface area contributed by atoms with Gasteiger partial charge in [-0.25, -0.2) is 13.5 Å². The zero-order valence-electron chi connectivity index (χ0n) is 15.5. The Labute approximate surface area is 161 Å². The number of rotatable bonds is 5. The SMILES string of the molecule is CN(C)S(=O)(=O)NC(=O)c1ccc2c(-c3ccc(C(F)F)cc3)cn(C)c2c1. The molecule has 3 rings (SSSR count). The van der Waals surface area contributed by atoms with Crippen LogP contribution in [0.25, 0.3) is 22.0 Å². The van der Waals surface area contributed by atoms with E-state index in [-0.39, 0.29) is 11.1 Å². The molecular formula is C19H19F2N3O3S. The van der Waals surface area contributed by atoms with E-state index in [0.29, 0.717) is 5.52 Å². The monoisotopic (exact) mass is 407 g/mol. The molecule has 9 heteroatoms. The van der Waals surface area contributed by atoms with Gasteiger partial charge < -0.3 is 4.57 Å². The molecule has 0 aliphatic carbocycles. The Morgan fingerprint density at radius 2 is 1.75 bits per heavy atom. The van der Waals surface area contributed by atoms with Gasteiger partial charge in [-0.05, 0) is 17.7 Å². The van der Waals surface area contributed by atoms with Crippen molar-refractivity contribution < 1.29 is 22.0 Å². The van der Waals surface area contributed by atoms with E-state index < -0.39 is 22.5 Å². The van der Waals surface area contributed by atoms with Crippen LogP contribution in [-0.2, 0) is 17.3 Å². The van der Waals surface area contributed by atoms with E-state index >= 15 is 0 Å². The van der Waals surface area contributed by atoms with Gasteiger partial charge in [-0.15, -0.1) is 0 Å². The third kappa shape index (κ3) is 3.76. The molecule has 148 valence electrons. The van der Waals surface area contributed by atoms with Gasteiger partial charge in [0, 0.05) is 54.9 Å². The molecule has 1 aromatic heterocycles. The van der Waals surface area contributed by atoms with Crippen LogP contribution in [0.4, 0.5) is 8.78 Å². The van der Waals surface area contributed by atoms with Crippen LogP contribution in [0.3, 0.4) is 0 Å². The molecule has 0 spiro atoms. The van der Waals surface area contributed by atoms with Crippen LogP contribution in [0.2, 0.25) is 0 Å². The summed E-state index contributed by atoms with van der Waals surface area (Å²) in [5.41, 5.74) is 2.44. The highest BCUT2D eigenvalue weighted by atomic mass is 32.2. The van der Waals surface area contributed by atoms with Crippen LogP contribution < -0.4 is 4.72 Å². The number of benzene rings is 2. The topological polar surface area (TPSA) is 71.4 Å². The van der Waals surface area contributed by atoms with Gasteiger partial charge in [0.15, 0.2) is 0 Å². The molecule has 1 amide bonds. The summed E-state index contributed by atoms with van der Waals surface area (Å²) in [6, 6.07) is 10.8. The molecule has 0 fully saturated rings. The van der Waals surface area contributed by atoms with E-state index in [1.54, 1.807) is 35.9 Å². The third-order valence-corrected chi connectivity index (χ3v) is 5.83. The number of alkyl halides is 2. The van der Waals surface area contributed by atoms with Crippen LogP contribution >= 0.6 is 0 Å². The molecule has 2 aromatic carbocycles. The Morgan fingerprint density at radius 1 is 1.11 bits per heavy atom. The van der Waals surface area contributed by atoms with Gasteiger partial charge >= 0.3 is 10.2 Å². The van der Waals surface area contributed by atoms with E-state index in [1.807, 2.05) is 10.9 Å². The molecule has 1 N–H and O–H groups in total. The fourth-order valence-electron chi connectivity index (χ4n) is 2.83. The minimum Gasteiger partial charge on any atom is -0.350 e. The predicted octanol–water partition coefficient (Wildman–Crippen LogP) is 3.32. The fourth-order valence-corrected chi connectivity index (χ4v) is 3.37. The van der Waals surface area contributed by atoms with Crippen molar-refractivity contribution in [1.82, 2.24) is 13.6 Å². The van der Waals surface area contributed by atoms with Crippen molar-refractivity contribution in [2.45, 2.75) is 6.43 Å². The van der Waals surface area contributed by atoms with E-state index in [9.17, 15) is 22.0 Å². The quantitative estimate of drug-likeness (QED) is 0.705. The number of amides is 1. The number of carbonyl (C=O) groups excluding carboxylic acids is 1. The van der Waals surface area contributed by atoms with Crippen LogP contribution in [0.1, 0.15) is 22.3 Å². The second kappa shape index (κ2) is 7.33. The first-order chi connectivity index (χ1) is 13.1. The van der Waals surface area contributed by atoms with Crippen LogP contribution in [0, 0.1) is 0 Å². The number of carbonyl (C=O) groups is 1. The number of aryl methyl sites for hydroxylation is 1. The van der Waals surface area contributed by atoms with Gasteiger partial charge in [0.25, 0.3) is 12.3 Å². The molecule has 1 heterocycles.